The molecule has 1 aliphatic rings. The topological polar surface area (TPSA) is 44.1 Å². The lowest BCUT2D eigenvalue weighted by Gasteiger charge is -2.03. The molecule has 1 aliphatic carbocycles. The van der Waals surface area contributed by atoms with Gasteiger partial charge in [-0.2, -0.15) is 5.10 Å². The van der Waals surface area contributed by atoms with Crippen LogP contribution < -0.4 is 0 Å². The van der Waals surface area contributed by atoms with Crippen molar-refractivity contribution in [3.8, 4) is 5.69 Å². The Morgan fingerprint density at radius 3 is 2.72 bits per heavy atom. The lowest BCUT2D eigenvalue weighted by Crippen LogP contribution is -2.08. The van der Waals surface area contributed by atoms with Gasteiger partial charge in [-0.05, 0) is 43.7 Å². The Balaban J connectivity index is 1.60. The van der Waals surface area contributed by atoms with Crippen LogP contribution in [0.25, 0.3) is 15.9 Å². The lowest BCUT2D eigenvalue weighted by atomic mass is 10.3. The number of aromatic nitrogens is 2. The van der Waals surface area contributed by atoms with Gasteiger partial charge < -0.3 is 4.74 Å². The van der Waals surface area contributed by atoms with Crippen LogP contribution in [0.1, 0.15) is 21.8 Å². The van der Waals surface area contributed by atoms with Crippen molar-refractivity contribution in [2.45, 2.75) is 17.7 Å². The van der Waals surface area contributed by atoms with Crippen LogP contribution in [0.3, 0.4) is 0 Å². The molecule has 8 heteroatoms. The summed E-state index contributed by atoms with van der Waals surface area (Å²) < 4.78 is 6.41. The number of ether oxygens (including phenoxy) is 1. The number of aryl methyl sites for hydroxylation is 1. The van der Waals surface area contributed by atoms with Crippen LogP contribution in [0.5, 0.6) is 0 Å². The third-order valence-electron chi connectivity index (χ3n) is 4.19. The average Bonchev–Trinajstić information content (AvgIpc) is 2.91. The summed E-state index contributed by atoms with van der Waals surface area (Å²) in [6, 6.07) is 9.21. The number of benzene rings is 1. The predicted molar refractivity (Wildman–Crippen MR) is 102 cm³/mol. The molecule has 0 saturated heterocycles. The third kappa shape index (κ3) is 3.26. The first-order valence-corrected chi connectivity index (χ1v) is 9.60. The van der Waals surface area contributed by atoms with Crippen molar-refractivity contribution >= 4 is 62.3 Å². The highest BCUT2D eigenvalue weighted by Gasteiger charge is 2.52. The number of carbonyl (C=O) groups is 1. The summed E-state index contributed by atoms with van der Waals surface area (Å²) in [5, 5.41) is 6.14. The third-order valence-corrected chi connectivity index (χ3v) is 6.46. The van der Waals surface area contributed by atoms with Crippen molar-refractivity contribution < 1.29 is 9.53 Å². The summed E-state index contributed by atoms with van der Waals surface area (Å²) in [6.45, 7) is 2.15. The molecule has 130 valence electrons. The Hall–Kier alpha value is -1.27. The molecule has 2 heterocycles. The Labute approximate surface area is 163 Å². The second-order valence-corrected chi connectivity index (χ2v) is 9.07. The van der Waals surface area contributed by atoms with Gasteiger partial charge in [0, 0.05) is 16.3 Å². The van der Waals surface area contributed by atoms with E-state index in [0.29, 0.717) is 16.3 Å². The highest BCUT2D eigenvalue weighted by Crippen LogP contribution is 2.53. The molecular formula is C17H13Cl3N2O2S. The minimum absolute atomic E-state index is 0.0143. The molecule has 0 unspecified atom stereocenters. The van der Waals surface area contributed by atoms with Crippen molar-refractivity contribution in [1.29, 1.82) is 0 Å². The number of alkyl halides is 2. The summed E-state index contributed by atoms with van der Waals surface area (Å²) in [7, 11) is 0. The molecule has 1 aromatic carbocycles. The minimum Gasteiger partial charge on any atom is -0.461 e. The summed E-state index contributed by atoms with van der Waals surface area (Å²) in [5.41, 5.74) is 1.74. The van der Waals surface area contributed by atoms with Gasteiger partial charge in [0.05, 0.1) is 18.0 Å². The number of nitrogens with zero attached hydrogens (tertiary/aromatic N) is 2. The minimum atomic E-state index is -0.744. The molecule has 0 radical (unpaired) electrons. The first-order valence-electron chi connectivity index (χ1n) is 7.65. The highest BCUT2D eigenvalue weighted by atomic mass is 35.5. The number of rotatable bonds is 4. The molecule has 0 bridgehead atoms. The molecule has 1 atom stereocenters. The number of carbonyl (C=O) groups excluding carboxylic acids is 1. The molecule has 3 aromatic rings. The average molecular weight is 416 g/mol. The molecule has 4 nitrogen and oxygen atoms in total. The first-order chi connectivity index (χ1) is 11.8. The van der Waals surface area contributed by atoms with Crippen LogP contribution in [0.15, 0.2) is 30.3 Å². The van der Waals surface area contributed by atoms with Crippen LogP contribution in [0, 0.1) is 12.8 Å². The molecular weight excluding hydrogens is 403 g/mol. The van der Waals surface area contributed by atoms with Gasteiger partial charge in [0.1, 0.15) is 14.0 Å². The normalized spacial score (nSPS) is 18.5. The molecule has 1 saturated carbocycles. The molecule has 1 fully saturated rings. The summed E-state index contributed by atoms with van der Waals surface area (Å²) >= 11 is 19.2. The van der Waals surface area contributed by atoms with Crippen LogP contribution >= 0.6 is 46.1 Å². The number of hydrogen-bond donors (Lipinski definition) is 0. The number of hydrogen-bond acceptors (Lipinski definition) is 4. The van der Waals surface area contributed by atoms with E-state index in [4.69, 9.17) is 39.5 Å². The van der Waals surface area contributed by atoms with Gasteiger partial charge in [0.25, 0.3) is 0 Å². The molecule has 0 N–H and O–H groups in total. The van der Waals surface area contributed by atoms with Crippen LogP contribution in [0.4, 0.5) is 0 Å². The monoisotopic (exact) mass is 414 g/mol. The second-order valence-electron chi connectivity index (χ2n) is 6.06. The van der Waals surface area contributed by atoms with Crippen LogP contribution in [-0.2, 0) is 4.74 Å². The van der Waals surface area contributed by atoms with E-state index >= 15 is 0 Å². The summed E-state index contributed by atoms with van der Waals surface area (Å²) in [6.07, 6.45) is 0.653. The van der Waals surface area contributed by atoms with Crippen LogP contribution in [-0.4, -0.2) is 26.7 Å². The zero-order valence-electron chi connectivity index (χ0n) is 13.1. The van der Waals surface area contributed by atoms with Gasteiger partial charge in [-0.15, -0.1) is 34.5 Å². The maximum absolute atomic E-state index is 12.3. The van der Waals surface area contributed by atoms with E-state index in [-0.39, 0.29) is 18.5 Å². The van der Waals surface area contributed by atoms with E-state index in [1.807, 2.05) is 41.9 Å². The van der Waals surface area contributed by atoms with E-state index in [1.54, 1.807) is 0 Å². The number of halogens is 3. The standard InChI is InChI=1S/C17H13Cl3N2O2S/c1-9-13-6-14(16(23)24-8-10-7-17(10,19)20)25-15(13)22(21-9)12-4-2-11(18)3-5-12/h2-6,10H,7-8H2,1H3/t10-/m1/s1. The SMILES string of the molecule is Cc1nn(-c2ccc(Cl)cc2)c2sc(C(=O)OC[C@H]3CC3(Cl)Cl)cc12. The van der Waals surface area contributed by atoms with Gasteiger partial charge in [0.2, 0.25) is 0 Å². The molecule has 0 aliphatic heterocycles. The Kier molecular flexibility index (Phi) is 4.23. The largest absolute Gasteiger partial charge is 0.461 e. The first kappa shape index (κ1) is 17.2. The molecule has 0 spiro atoms. The van der Waals surface area contributed by atoms with Gasteiger partial charge in [-0.3, -0.25) is 0 Å². The second kappa shape index (κ2) is 6.16. The maximum atomic E-state index is 12.3. The van der Waals surface area contributed by atoms with Gasteiger partial charge in [-0.25, -0.2) is 9.48 Å². The number of fused-ring (bicyclic) bond motifs is 1. The van der Waals surface area contributed by atoms with E-state index in [2.05, 4.69) is 5.10 Å². The molecule has 4 rings (SSSR count). The van der Waals surface area contributed by atoms with E-state index in [9.17, 15) is 4.79 Å². The van der Waals surface area contributed by atoms with E-state index in [0.717, 1.165) is 21.6 Å². The molecule has 2 aromatic heterocycles. The highest BCUT2D eigenvalue weighted by molar-refractivity contribution is 7.20. The van der Waals surface area contributed by atoms with Crippen molar-refractivity contribution in [3.63, 3.8) is 0 Å². The Bertz CT molecular complexity index is 962. The molecule has 0 amide bonds. The van der Waals surface area contributed by atoms with Crippen LogP contribution in [0.2, 0.25) is 5.02 Å². The number of thiophene rings is 1. The number of esters is 1. The fraction of sp³-hybridized carbons (Fsp3) is 0.294. The van der Waals surface area contributed by atoms with E-state index < -0.39 is 4.33 Å². The van der Waals surface area contributed by atoms with Crippen molar-refractivity contribution in [3.05, 3.63) is 45.9 Å². The maximum Gasteiger partial charge on any atom is 0.348 e. The molecule has 25 heavy (non-hydrogen) atoms. The fourth-order valence-corrected chi connectivity index (χ4v) is 4.30. The quantitative estimate of drug-likeness (QED) is 0.423. The summed E-state index contributed by atoms with van der Waals surface area (Å²) in [4.78, 5) is 13.7. The smallest absolute Gasteiger partial charge is 0.348 e. The van der Waals surface area contributed by atoms with Gasteiger partial charge >= 0.3 is 5.97 Å². The van der Waals surface area contributed by atoms with Crippen molar-refractivity contribution in [1.82, 2.24) is 9.78 Å². The zero-order chi connectivity index (χ0) is 17.8. The Morgan fingerprint density at radius 2 is 2.08 bits per heavy atom. The van der Waals surface area contributed by atoms with Gasteiger partial charge in [0.15, 0.2) is 0 Å². The van der Waals surface area contributed by atoms with Crippen molar-refractivity contribution in [2.24, 2.45) is 5.92 Å². The fourth-order valence-electron chi connectivity index (χ4n) is 2.60. The van der Waals surface area contributed by atoms with E-state index in [1.165, 1.54) is 11.3 Å². The Morgan fingerprint density at radius 1 is 1.40 bits per heavy atom. The zero-order valence-corrected chi connectivity index (χ0v) is 16.2. The van der Waals surface area contributed by atoms with Crippen molar-refractivity contribution in [2.75, 3.05) is 6.61 Å². The summed E-state index contributed by atoms with van der Waals surface area (Å²) in [5.74, 6) is -0.347. The van der Waals surface area contributed by atoms with Gasteiger partial charge in [-0.1, -0.05) is 11.6 Å². The lowest BCUT2D eigenvalue weighted by molar-refractivity contribution is 0.0491. The predicted octanol–water partition coefficient (Wildman–Crippen LogP) is 5.40.